The number of hydrogen-bond acceptors (Lipinski definition) is 8. The van der Waals surface area contributed by atoms with E-state index < -0.39 is 23.9 Å². The topological polar surface area (TPSA) is 105 Å². The first-order valence-electron chi connectivity index (χ1n) is 13.6. The summed E-state index contributed by atoms with van der Waals surface area (Å²) >= 11 is 0. The Labute approximate surface area is 250 Å². The summed E-state index contributed by atoms with van der Waals surface area (Å²) in [5, 5.41) is 3.06. The van der Waals surface area contributed by atoms with E-state index in [1.807, 2.05) is 42.5 Å². The molecule has 6 aromatic rings. The van der Waals surface area contributed by atoms with Crippen LogP contribution in [0, 0.1) is 0 Å². The van der Waals surface area contributed by atoms with Crippen molar-refractivity contribution in [3.05, 3.63) is 144 Å². The van der Waals surface area contributed by atoms with E-state index in [-0.39, 0.29) is 45.3 Å². The fraction of sp³-hybridized carbons (Fsp3) is 0. The first-order chi connectivity index (χ1) is 21.5. The Morgan fingerprint density at radius 2 is 0.909 bits per heavy atom. The van der Waals surface area contributed by atoms with Gasteiger partial charge in [-0.3, -0.25) is 9.59 Å². The third kappa shape index (κ3) is 4.80. The standard InChI is InChI=1S/C36H20O8/c37-33-26-15-5-6-16-27(26)34(38)32-28(33)19-23(41-35(39)42-29-17-7-11-21-9-1-3-13-24(21)29)20-31(32)44-36(40)43-30-18-8-12-22-10-2-4-14-25(22)30/h1-20H. The molecule has 0 aromatic heterocycles. The maximum Gasteiger partial charge on any atom is 0.519 e. The summed E-state index contributed by atoms with van der Waals surface area (Å²) in [7, 11) is 0. The molecule has 0 aliphatic heterocycles. The summed E-state index contributed by atoms with van der Waals surface area (Å²) in [5.74, 6) is -1.03. The molecule has 0 N–H and O–H groups in total. The van der Waals surface area contributed by atoms with Crippen molar-refractivity contribution in [3.8, 4) is 23.0 Å². The number of rotatable bonds is 4. The van der Waals surface area contributed by atoms with Gasteiger partial charge in [0.15, 0.2) is 11.6 Å². The molecule has 1 aliphatic carbocycles. The second-order valence-electron chi connectivity index (χ2n) is 9.91. The van der Waals surface area contributed by atoms with Crippen molar-refractivity contribution < 1.29 is 38.1 Å². The molecule has 8 nitrogen and oxygen atoms in total. The summed E-state index contributed by atoms with van der Waals surface area (Å²) in [6, 6.07) is 33.8. The summed E-state index contributed by atoms with van der Waals surface area (Å²) < 4.78 is 22.0. The van der Waals surface area contributed by atoms with Gasteiger partial charge in [-0.25, -0.2) is 9.59 Å². The molecule has 0 radical (unpaired) electrons. The molecule has 212 valence electrons. The fourth-order valence-corrected chi connectivity index (χ4v) is 5.28. The molecule has 0 spiro atoms. The van der Waals surface area contributed by atoms with Crippen LogP contribution in [0.4, 0.5) is 9.59 Å². The molecule has 0 bridgehead atoms. The van der Waals surface area contributed by atoms with Gasteiger partial charge in [-0.2, -0.15) is 0 Å². The van der Waals surface area contributed by atoms with Crippen LogP contribution in [0.5, 0.6) is 23.0 Å². The summed E-state index contributed by atoms with van der Waals surface area (Å²) in [5.41, 5.74) is 0.0709. The number of ether oxygens (including phenoxy) is 4. The smallest absolute Gasteiger partial charge is 0.395 e. The lowest BCUT2D eigenvalue weighted by atomic mass is 9.83. The largest absolute Gasteiger partial charge is 0.519 e. The van der Waals surface area contributed by atoms with Crippen LogP contribution in [0.3, 0.4) is 0 Å². The van der Waals surface area contributed by atoms with Gasteiger partial charge in [-0.05, 0) is 29.0 Å². The molecule has 0 saturated heterocycles. The van der Waals surface area contributed by atoms with Gasteiger partial charge in [0.25, 0.3) is 0 Å². The van der Waals surface area contributed by atoms with E-state index in [9.17, 15) is 19.2 Å². The van der Waals surface area contributed by atoms with Crippen LogP contribution >= 0.6 is 0 Å². The molecule has 6 aromatic carbocycles. The number of hydrogen-bond donors (Lipinski definition) is 0. The van der Waals surface area contributed by atoms with Crippen molar-refractivity contribution >= 4 is 45.4 Å². The van der Waals surface area contributed by atoms with E-state index in [1.54, 1.807) is 54.6 Å². The van der Waals surface area contributed by atoms with Gasteiger partial charge in [0.1, 0.15) is 23.0 Å². The van der Waals surface area contributed by atoms with Crippen molar-refractivity contribution in [1.29, 1.82) is 0 Å². The third-order valence-electron chi connectivity index (χ3n) is 7.24. The van der Waals surface area contributed by atoms with Gasteiger partial charge in [0.05, 0.1) is 5.56 Å². The van der Waals surface area contributed by atoms with Crippen molar-refractivity contribution in [2.75, 3.05) is 0 Å². The number of fused-ring (bicyclic) bond motifs is 4. The predicted octanol–water partition coefficient (Wildman–Crippen LogP) is 7.92. The maximum atomic E-state index is 13.6. The average molecular weight is 581 g/mol. The minimum atomic E-state index is -1.15. The van der Waals surface area contributed by atoms with Crippen LogP contribution in [-0.2, 0) is 0 Å². The lowest BCUT2D eigenvalue weighted by molar-refractivity contribution is 0.0974. The van der Waals surface area contributed by atoms with Crippen LogP contribution in [-0.4, -0.2) is 23.9 Å². The SMILES string of the molecule is O=C(Oc1cc(OC(=O)Oc2cccc3ccccc23)c2c(c1)C(=O)c1ccccc1C2=O)Oc1cccc2ccccc12. The molecule has 0 atom stereocenters. The quantitative estimate of drug-likeness (QED) is 0.153. The Morgan fingerprint density at radius 3 is 1.52 bits per heavy atom. The zero-order valence-corrected chi connectivity index (χ0v) is 22.8. The monoisotopic (exact) mass is 580 g/mol. The lowest BCUT2D eigenvalue weighted by Crippen LogP contribution is -2.24. The average Bonchev–Trinajstić information content (AvgIpc) is 3.04. The summed E-state index contributed by atoms with van der Waals surface area (Å²) in [4.78, 5) is 53.1. The predicted molar refractivity (Wildman–Crippen MR) is 161 cm³/mol. The highest BCUT2D eigenvalue weighted by molar-refractivity contribution is 6.29. The van der Waals surface area contributed by atoms with E-state index in [4.69, 9.17) is 18.9 Å². The summed E-state index contributed by atoms with van der Waals surface area (Å²) in [6.07, 6.45) is -2.25. The van der Waals surface area contributed by atoms with Gasteiger partial charge in [0.2, 0.25) is 0 Å². The van der Waals surface area contributed by atoms with E-state index >= 15 is 0 Å². The minimum Gasteiger partial charge on any atom is -0.395 e. The number of ketones is 2. The van der Waals surface area contributed by atoms with Crippen LogP contribution in [0.25, 0.3) is 21.5 Å². The fourth-order valence-electron chi connectivity index (χ4n) is 5.28. The van der Waals surface area contributed by atoms with Gasteiger partial charge in [-0.1, -0.05) is 97.1 Å². The zero-order chi connectivity index (χ0) is 30.2. The second kappa shape index (κ2) is 10.8. The number of benzene rings is 6. The van der Waals surface area contributed by atoms with Gasteiger partial charge >= 0.3 is 12.3 Å². The molecular formula is C36H20O8. The molecule has 0 unspecified atom stereocenters. The molecule has 8 heteroatoms. The second-order valence-corrected chi connectivity index (χ2v) is 9.91. The van der Waals surface area contributed by atoms with Crippen molar-refractivity contribution in [2.45, 2.75) is 0 Å². The Morgan fingerprint density at radius 1 is 0.432 bits per heavy atom. The van der Waals surface area contributed by atoms with Gasteiger partial charge in [-0.15, -0.1) is 0 Å². The number of carbonyl (C=O) groups excluding carboxylic acids is 4. The Bertz CT molecular complexity index is 2150. The van der Waals surface area contributed by atoms with Crippen LogP contribution in [0.2, 0.25) is 0 Å². The van der Waals surface area contributed by atoms with E-state index in [1.165, 1.54) is 24.3 Å². The molecule has 44 heavy (non-hydrogen) atoms. The molecular weight excluding hydrogens is 560 g/mol. The highest BCUT2D eigenvalue weighted by Crippen LogP contribution is 2.37. The molecule has 0 amide bonds. The normalized spacial score (nSPS) is 11.9. The van der Waals surface area contributed by atoms with E-state index in [2.05, 4.69) is 0 Å². The molecule has 0 heterocycles. The lowest BCUT2D eigenvalue weighted by Gasteiger charge is -2.20. The van der Waals surface area contributed by atoms with Crippen molar-refractivity contribution in [2.24, 2.45) is 0 Å². The van der Waals surface area contributed by atoms with E-state index in [0.29, 0.717) is 10.8 Å². The Kier molecular flexibility index (Phi) is 6.56. The molecule has 1 aliphatic rings. The van der Waals surface area contributed by atoms with Crippen molar-refractivity contribution in [1.82, 2.24) is 0 Å². The molecule has 0 saturated carbocycles. The minimum absolute atomic E-state index is 0.0999. The van der Waals surface area contributed by atoms with Gasteiger partial charge < -0.3 is 18.9 Å². The highest BCUT2D eigenvalue weighted by atomic mass is 16.7. The molecule has 7 rings (SSSR count). The molecule has 0 fully saturated rings. The Balaban J connectivity index is 1.23. The maximum absolute atomic E-state index is 13.6. The zero-order valence-electron chi connectivity index (χ0n) is 22.8. The van der Waals surface area contributed by atoms with Crippen LogP contribution in [0.15, 0.2) is 121 Å². The summed E-state index contributed by atoms with van der Waals surface area (Å²) in [6.45, 7) is 0. The Hall–Kier alpha value is -6.28. The third-order valence-corrected chi connectivity index (χ3v) is 7.24. The number of carbonyl (C=O) groups is 4. The van der Waals surface area contributed by atoms with E-state index in [0.717, 1.165) is 10.8 Å². The van der Waals surface area contributed by atoms with Crippen LogP contribution < -0.4 is 18.9 Å². The van der Waals surface area contributed by atoms with Crippen molar-refractivity contribution in [3.63, 3.8) is 0 Å². The van der Waals surface area contributed by atoms with Crippen LogP contribution in [0.1, 0.15) is 31.8 Å². The first kappa shape index (κ1) is 26.6. The highest BCUT2D eigenvalue weighted by Gasteiger charge is 2.34. The first-order valence-corrected chi connectivity index (χ1v) is 13.6. The van der Waals surface area contributed by atoms with Gasteiger partial charge in [0, 0.05) is 33.5 Å².